The van der Waals surface area contributed by atoms with Gasteiger partial charge in [0.1, 0.15) is 6.33 Å². The number of hydrogen-bond donors (Lipinski definition) is 0. The van der Waals surface area contributed by atoms with Crippen LogP contribution in [-0.4, -0.2) is 24.1 Å². The van der Waals surface area contributed by atoms with E-state index >= 15 is 0 Å². The fourth-order valence-electron chi connectivity index (χ4n) is 3.52. The molecule has 0 spiro atoms. The Bertz CT molecular complexity index is 1450. The summed E-state index contributed by atoms with van der Waals surface area (Å²) in [6.07, 6.45) is -7.17. The molecule has 0 radical (unpaired) electrons. The summed E-state index contributed by atoms with van der Waals surface area (Å²) in [5.41, 5.74) is -1.90. The van der Waals surface area contributed by atoms with Crippen LogP contribution in [0, 0.1) is 0 Å². The van der Waals surface area contributed by atoms with Crippen LogP contribution in [0.25, 0.3) is 33.4 Å². The molecular formula is C19H8BrF6N5. The minimum Gasteiger partial charge on any atom is -0.276 e. The third-order valence-corrected chi connectivity index (χ3v) is 5.32. The molecule has 5 nitrogen and oxygen atoms in total. The average Bonchev–Trinajstić information content (AvgIpc) is 3.27. The first kappa shape index (κ1) is 19.8. The molecule has 0 aliphatic heterocycles. The van der Waals surface area contributed by atoms with Crippen molar-refractivity contribution in [1.29, 1.82) is 0 Å². The zero-order valence-corrected chi connectivity index (χ0v) is 16.6. The lowest BCUT2D eigenvalue weighted by atomic mass is 10.1. The van der Waals surface area contributed by atoms with Crippen LogP contribution in [0.2, 0.25) is 0 Å². The molecule has 3 aromatic heterocycles. The van der Waals surface area contributed by atoms with Gasteiger partial charge in [0.2, 0.25) is 5.78 Å². The number of benzene rings is 2. The Morgan fingerprint density at radius 3 is 2.19 bits per heavy atom. The molecule has 0 aliphatic rings. The fraction of sp³-hybridized carbons (Fsp3) is 0.105. The smallest absolute Gasteiger partial charge is 0.276 e. The third-order valence-electron chi connectivity index (χ3n) is 4.83. The highest BCUT2D eigenvalue weighted by Gasteiger charge is 2.37. The second kappa shape index (κ2) is 6.42. The summed E-state index contributed by atoms with van der Waals surface area (Å²) in [5.74, 6) is 0.0525. The van der Waals surface area contributed by atoms with Gasteiger partial charge in [-0.1, -0.05) is 15.9 Å². The van der Waals surface area contributed by atoms with Crippen LogP contribution in [0.3, 0.4) is 0 Å². The van der Waals surface area contributed by atoms with Crippen molar-refractivity contribution in [2.45, 2.75) is 12.4 Å². The number of fused-ring (bicyclic) bond motifs is 5. The van der Waals surface area contributed by atoms with Gasteiger partial charge in [0.15, 0.2) is 0 Å². The summed E-state index contributed by atoms with van der Waals surface area (Å²) in [7, 11) is 0. The number of imidazole rings is 1. The van der Waals surface area contributed by atoms with Crippen molar-refractivity contribution in [3.05, 3.63) is 64.5 Å². The van der Waals surface area contributed by atoms with E-state index in [4.69, 9.17) is 0 Å². The topological polar surface area (TPSA) is 48.0 Å². The molecule has 3 heterocycles. The van der Waals surface area contributed by atoms with Crippen molar-refractivity contribution in [2.75, 3.05) is 0 Å². The summed E-state index contributed by atoms with van der Waals surface area (Å²) in [5, 5.41) is 8.18. The van der Waals surface area contributed by atoms with E-state index in [1.165, 1.54) is 21.5 Å². The van der Waals surface area contributed by atoms with Gasteiger partial charge in [-0.05, 0) is 36.4 Å². The Morgan fingerprint density at radius 2 is 1.55 bits per heavy atom. The fourth-order valence-corrected chi connectivity index (χ4v) is 3.88. The second-order valence-electron chi connectivity index (χ2n) is 6.75. The van der Waals surface area contributed by atoms with E-state index in [-0.39, 0.29) is 17.5 Å². The standard InChI is InChI=1S/C19H8BrF6N5/c20-11-1-2-14-13(6-11)16-15(7-27-14)30-8-28-29-17(30)31(16)12-4-9(18(21,22)23)3-10(5-12)19(24,25)26/h1-8H. The Kier molecular flexibility index (Phi) is 4.10. The van der Waals surface area contributed by atoms with Crippen LogP contribution in [0.15, 0.2) is 53.4 Å². The molecule has 0 unspecified atom stereocenters. The van der Waals surface area contributed by atoms with Gasteiger partial charge in [-0.15, -0.1) is 10.2 Å². The predicted octanol–water partition coefficient (Wildman–Crippen LogP) is 6.02. The average molecular weight is 500 g/mol. The van der Waals surface area contributed by atoms with E-state index in [2.05, 4.69) is 31.1 Å². The van der Waals surface area contributed by atoms with Crippen molar-refractivity contribution < 1.29 is 26.3 Å². The highest BCUT2D eigenvalue weighted by Crippen LogP contribution is 2.39. The van der Waals surface area contributed by atoms with Gasteiger partial charge < -0.3 is 0 Å². The number of rotatable bonds is 1. The molecule has 12 heteroatoms. The summed E-state index contributed by atoms with van der Waals surface area (Å²) in [6.45, 7) is 0. The normalized spacial score (nSPS) is 13.0. The second-order valence-corrected chi connectivity index (χ2v) is 7.67. The largest absolute Gasteiger partial charge is 0.416 e. The number of nitrogens with zero attached hydrogens (tertiary/aromatic N) is 5. The van der Waals surface area contributed by atoms with Crippen molar-refractivity contribution in [3.8, 4) is 5.69 Å². The lowest BCUT2D eigenvalue weighted by Gasteiger charge is -2.15. The Hall–Kier alpha value is -3.15. The van der Waals surface area contributed by atoms with Gasteiger partial charge in [0, 0.05) is 9.86 Å². The van der Waals surface area contributed by atoms with Crippen LogP contribution in [0.1, 0.15) is 11.1 Å². The van der Waals surface area contributed by atoms with Gasteiger partial charge in [0.25, 0.3) is 0 Å². The van der Waals surface area contributed by atoms with E-state index in [9.17, 15) is 26.3 Å². The predicted molar refractivity (Wildman–Crippen MR) is 103 cm³/mol. The maximum absolute atomic E-state index is 13.4. The van der Waals surface area contributed by atoms with Gasteiger partial charge in [-0.25, -0.2) is 0 Å². The zero-order valence-electron chi connectivity index (χ0n) is 15.0. The molecule has 0 atom stereocenters. The molecule has 0 saturated heterocycles. The highest BCUT2D eigenvalue weighted by molar-refractivity contribution is 9.10. The van der Waals surface area contributed by atoms with Gasteiger partial charge >= 0.3 is 12.4 Å². The third kappa shape index (κ3) is 3.12. The molecular weight excluding hydrogens is 492 g/mol. The van der Waals surface area contributed by atoms with E-state index in [1.807, 2.05) is 0 Å². The molecule has 0 bridgehead atoms. The molecule has 5 rings (SSSR count). The summed E-state index contributed by atoms with van der Waals surface area (Å²) in [6, 6.07) is 6.51. The molecule has 158 valence electrons. The summed E-state index contributed by atoms with van der Waals surface area (Å²) in [4.78, 5) is 4.33. The molecule has 0 amide bonds. The van der Waals surface area contributed by atoms with E-state index in [0.717, 1.165) is 0 Å². The lowest BCUT2D eigenvalue weighted by molar-refractivity contribution is -0.143. The maximum Gasteiger partial charge on any atom is 0.416 e. The van der Waals surface area contributed by atoms with Crippen LogP contribution in [-0.2, 0) is 12.4 Å². The Morgan fingerprint density at radius 1 is 0.871 bits per heavy atom. The first-order valence-corrected chi connectivity index (χ1v) is 9.41. The monoisotopic (exact) mass is 499 g/mol. The first-order valence-electron chi connectivity index (χ1n) is 8.62. The van der Waals surface area contributed by atoms with Gasteiger partial charge in [-0.3, -0.25) is 14.0 Å². The van der Waals surface area contributed by atoms with E-state index in [0.29, 0.717) is 38.5 Å². The van der Waals surface area contributed by atoms with Gasteiger partial charge in [-0.2, -0.15) is 26.3 Å². The quantitative estimate of drug-likeness (QED) is 0.265. The SMILES string of the molecule is FC(F)(F)c1cc(-n2c3c4cc(Br)ccc4ncc3n3cnnc23)cc(C(F)(F)F)c1. The van der Waals surface area contributed by atoms with E-state index < -0.39 is 23.5 Å². The minimum absolute atomic E-state index is 0.0525. The number of aromatic nitrogens is 5. The minimum atomic E-state index is -4.98. The summed E-state index contributed by atoms with van der Waals surface area (Å²) < 4.78 is 83.9. The van der Waals surface area contributed by atoms with Crippen molar-refractivity contribution >= 4 is 43.6 Å². The Labute approximate surface area is 177 Å². The lowest BCUT2D eigenvalue weighted by Crippen LogP contribution is -2.12. The molecule has 31 heavy (non-hydrogen) atoms. The number of halogens is 7. The molecule has 5 aromatic rings. The molecule has 0 aliphatic carbocycles. The molecule has 0 saturated carbocycles. The number of pyridine rings is 1. The number of hydrogen-bond acceptors (Lipinski definition) is 3. The van der Waals surface area contributed by atoms with E-state index in [1.54, 1.807) is 18.2 Å². The number of alkyl halides is 6. The van der Waals surface area contributed by atoms with Crippen molar-refractivity contribution in [2.24, 2.45) is 0 Å². The van der Waals surface area contributed by atoms with Crippen LogP contribution < -0.4 is 0 Å². The van der Waals surface area contributed by atoms with Crippen LogP contribution in [0.5, 0.6) is 0 Å². The van der Waals surface area contributed by atoms with Crippen LogP contribution in [0.4, 0.5) is 26.3 Å². The Balaban J connectivity index is 1.97. The molecule has 0 N–H and O–H groups in total. The molecule has 2 aromatic carbocycles. The van der Waals surface area contributed by atoms with Crippen molar-refractivity contribution in [1.82, 2.24) is 24.1 Å². The van der Waals surface area contributed by atoms with Crippen LogP contribution >= 0.6 is 15.9 Å². The van der Waals surface area contributed by atoms with Gasteiger partial charge in [0.05, 0.1) is 39.6 Å². The highest BCUT2D eigenvalue weighted by atomic mass is 79.9. The summed E-state index contributed by atoms with van der Waals surface area (Å²) >= 11 is 3.34. The van der Waals surface area contributed by atoms with Crippen molar-refractivity contribution in [3.63, 3.8) is 0 Å². The first-order chi connectivity index (χ1) is 14.5. The maximum atomic E-state index is 13.4. The molecule has 0 fully saturated rings. The zero-order chi connectivity index (χ0) is 22.1.